The minimum absolute atomic E-state index is 0.0187. The highest BCUT2D eigenvalue weighted by Crippen LogP contribution is 2.40. The monoisotopic (exact) mass is 368 g/mol. The maximum absolute atomic E-state index is 12.7. The number of alkyl halides is 3. The van der Waals surface area contributed by atoms with Gasteiger partial charge in [0.25, 0.3) is 0 Å². The predicted molar refractivity (Wildman–Crippen MR) is 94.4 cm³/mol. The average molecular weight is 368 g/mol. The molecule has 1 aromatic rings. The van der Waals surface area contributed by atoms with Crippen molar-refractivity contribution in [2.75, 3.05) is 0 Å². The molecule has 0 saturated heterocycles. The summed E-state index contributed by atoms with van der Waals surface area (Å²) in [5, 5.41) is 3.20. The number of hydrogen-bond acceptors (Lipinski definition) is 2. The summed E-state index contributed by atoms with van der Waals surface area (Å²) in [4.78, 5) is 12.5. The Bertz CT molecular complexity index is 615. The van der Waals surface area contributed by atoms with Crippen molar-refractivity contribution in [2.24, 2.45) is 17.6 Å². The minimum atomic E-state index is -4.33. The molecule has 1 aromatic carbocycles. The molecule has 3 nitrogen and oxygen atoms in total. The fourth-order valence-electron chi connectivity index (χ4n) is 4.67. The van der Waals surface area contributed by atoms with Gasteiger partial charge >= 0.3 is 6.18 Å². The van der Waals surface area contributed by atoms with Crippen molar-refractivity contribution in [2.45, 2.75) is 69.6 Å². The normalized spacial score (nSPS) is 29.9. The van der Waals surface area contributed by atoms with E-state index >= 15 is 0 Å². The van der Waals surface area contributed by atoms with Gasteiger partial charge in [-0.05, 0) is 61.1 Å². The third kappa shape index (κ3) is 4.40. The molecular formula is C20H27F3N2O. The summed E-state index contributed by atoms with van der Waals surface area (Å²) in [5.41, 5.74) is 6.21. The van der Waals surface area contributed by atoms with Crippen LogP contribution in [0.25, 0.3) is 0 Å². The first-order chi connectivity index (χ1) is 12.2. The Labute approximate surface area is 152 Å². The number of rotatable bonds is 4. The number of carbonyl (C=O) groups is 1. The smallest absolute Gasteiger partial charge is 0.353 e. The first kappa shape index (κ1) is 19.2. The van der Waals surface area contributed by atoms with Crippen molar-refractivity contribution in [1.82, 2.24) is 5.32 Å². The molecule has 0 spiro atoms. The lowest BCUT2D eigenvalue weighted by Crippen LogP contribution is -2.53. The van der Waals surface area contributed by atoms with Crippen LogP contribution >= 0.6 is 0 Å². The van der Waals surface area contributed by atoms with Crippen LogP contribution in [0.1, 0.15) is 62.5 Å². The van der Waals surface area contributed by atoms with Gasteiger partial charge in [-0.2, -0.15) is 13.2 Å². The second-order valence-corrected chi connectivity index (χ2v) is 8.00. The van der Waals surface area contributed by atoms with Crippen LogP contribution in [0.5, 0.6) is 0 Å². The number of benzene rings is 1. The van der Waals surface area contributed by atoms with E-state index in [1.807, 2.05) is 6.92 Å². The number of halogens is 3. The molecule has 0 aromatic heterocycles. The summed E-state index contributed by atoms with van der Waals surface area (Å²) in [6.45, 7) is 1.87. The molecular weight excluding hydrogens is 341 g/mol. The molecule has 2 fully saturated rings. The lowest BCUT2D eigenvalue weighted by molar-refractivity contribution is -0.137. The van der Waals surface area contributed by atoms with Crippen LogP contribution < -0.4 is 11.1 Å². The van der Waals surface area contributed by atoms with E-state index in [1.54, 1.807) is 0 Å². The van der Waals surface area contributed by atoms with Gasteiger partial charge in [0.15, 0.2) is 0 Å². The molecule has 3 atom stereocenters. The Kier molecular flexibility index (Phi) is 5.61. The topological polar surface area (TPSA) is 55.1 Å². The van der Waals surface area contributed by atoms with Gasteiger partial charge in [0, 0.05) is 18.5 Å². The molecule has 1 amide bonds. The van der Waals surface area contributed by atoms with Crippen LogP contribution in [0.15, 0.2) is 24.3 Å². The second-order valence-electron chi connectivity index (χ2n) is 8.00. The molecule has 2 bridgehead atoms. The van der Waals surface area contributed by atoms with Crippen LogP contribution in [0.4, 0.5) is 13.2 Å². The quantitative estimate of drug-likeness (QED) is 0.836. The number of hydrogen-bond donors (Lipinski definition) is 2. The van der Waals surface area contributed by atoms with Crippen LogP contribution in [-0.4, -0.2) is 18.0 Å². The van der Waals surface area contributed by atoms with Crippen molar-refractivity contribution in [3.8, 4) is 0 Å². The average Bonchev–Trinajstić information content (AvgIpc) is 2.55. The molecule has 3 N–H and O–H groups in total. The standard InChI is InChI=1S/C20H27F3N2O/c1-12(13-5-7-16(8-6-13)20(21,22)23)9-18(26)25-19-14-3-2-4-15(19)11-17(24)10-14/h5-8,12,14-15,17,19H,2-4,9-11,24H2,1H3,(H,25,26). The van der Waals surface area contributed by atoms with E-state index in [0.717, 1.165) is 43.4 Å². The number of carbonyl (C=O) groups excluding carboxylic acids is 1. The van der Waals surface area contributed by atoms with Crippen molar-refractivity contribution in [1.29, 1.82) is 0 Å². The number of nitrogens with one attached hydrogen (secondary N) is 1. The highest BCUT2D eigenvalue weighted by atomic mass is 19.4. The fourth-order valence-corrected chi connectivity index (χ4v) is 4.67. The molecule has 0 aliphatic heterocycles. The summed E-state index contributed by atoms with van der Waals surface area (Å²) in [7, 11) is 0. The van der Waals surface area contributed by atoms with Crippen LogP contribution in [0, 0.1) is 11.8 Å². The Hall–Kier alpha value is -1.56. The van der Waals surface area contributed by atoms with Gasteiger partial charge in [0.05, 0.1) is 5.56 Å². The Morgan fingerprint density at radius 3 is 2.31 bits per heavy atom. The largest absolute Gasteiger partial charge is 0.416 e. The van der Waals surface area contributed by atoms with Gasteiger partial charge in [0.2, 0.25) is 5.91 Å². The van der Waals surface area contributed by atoms with Crippen molar-refractivity contribution in [3.05, 3.63) is 35.4 Å². The van der Waals surface area contributed by atoms with E-state index in [9.17, 15) is 18.0 Å². The molecule has 26 heavy (non-hydrogen) atoms. The second kappa shape index (κ2) is 7.59. The first-order valence-electron chi connectivity index (χ1n) is 9.46. The summed E-state index contributed by atoms with van der Waals surface area (Å²) in [6.07, 6.45) is 1.32. The highest BCUT2D eigenvalue weighted by Gasteiger charge is 2.40. The number of nitrogens with two attached hydrogens (primary N) is 1. The lowest BCUT2D eigenvalue weighted by atomic mass is 9.67. The van der Waals surface area contributed by atoms with Crippen molar-refractivity contribution in [3.63, 3.8) is 0 Å². The van der Waals surface area contributed by atoms with Gasteiger partial charge in [0.1, 0.15) is 0 Å². The lowest BCUT2D eigenvalue weighted by Gasteiger charge is -2.45. The molecule has 3 unspecified atom stereocenters. The third-order valence-electron chi connectivity index (χ3n) is 6.00. The van der Waals surface area contributed by atoms with E-state index in [2.05, 4.69) is 5.32 Å². The van der Waals surface area contributed by atoms with Crippen molar-refractivity contribution >= 4 is 5.91 Å². The fraction of sp³-hybridized carbons (Fsp3) is 0.650. The predicted octanol–water partition coefficient (Wildman–Crippen LogP) is 4.22. The van der Waals surface area contributed by atoms with E-state index in [1.165, 1.54) is 18.6 Å². The summed E-state index contributed by atoms with van der Waals surface area (Å²) in [6, 6.07) is 5.54. The van der Waals surface area contributed by atoms with Crippen LogP contribution in [0.2, 0.25) is 0 Å². The minimum Gasteiger partial charge on any atom is -0.353 e. The van der Waals surface area contributed by atoms with E-state index in [4.69, 9.17) is 5.73 Å². The molecule has 0 radical (unpaired) electrons. The Morgan fingerprint density at radius 1 is 1.19 bits per heavy atom. The Morgan fingerprint density at radius 2 is 1.77 bits per heavy atom. The molecule has 2 saturated carbocycles. The summed E-state index contributed by atoms with van der Waals surface area (Å²) in [5.74, 6) is 0.781. The molecule has 6 heteroatoms. The zero-order chi connectivity index (χ0) is 18.9. The maximum Gasteiger partial charge on any atom is 0.416 e. The Balaban J connectivity index is 1.57. The molecule has 3 rings (SSSR count). The molecule has 0 heterocycles. The van der Waals surface area contributed by atoms with E-state index in [0.29, 0.717) is 11.8 Å². The zero-order valence-corrected chi connectivity index (χ0v) is 15.1. The van der Waals surface area contributed by atoms with Gasteiger partial charge in [-0.3, -0.25) is 4.79 Å². The van der Waals surface area contributed by atoms with Gasteiger partial charge in [-0.15, -0.1) is 0 Å². The molecule has 2 aliphatic carbocycles. The third-order valence-corrected chi connectivity index (χ3v) is 6.00. The van der Waals surface area contributed by atoms with Crippen LogP contribution in [-0.2, 0) is 11.0 Å². The SMILES string of the molecule is CC(CC(=O)NC1C2CCCC1CC(N)C2)c1ccc(C(F)(F)F)cc1. The zero-order valence-electron chi connectivity index (χ0n) is 15.1. The van der Waals surface area contributed by atoms with Gasteiger partial charge in [-0.25, -0.2) is 0 Å². The summed E-state index contributed by atoms with van der Waals surface area (Å²) >= 11 is 0. The van der Waals surface area contributed by atoms with Gasteiger partial charge in [-0.1, -0.05) is 25.5 Å². The van der Waals surface area contributed by atoms with Crippen molar-refractivity contribution < 1.29 is 18.0 Å². The van der Waals surface area contributed by atoms with E-state index < -0.39 is 11.7 Å². The molecule has 2 aliphatic rings. The first-order valence-corrected chi connectivity index (χ1v) is 9.46. The number of fused-ring (bicyclic) bond motifs is 2. The van der Waals surface area contributed by atoms with Crippen LogP contribution in [0.3, 0.4) is 0 Å². The highest BCUT2D eigenvalue weighted by molar-refractivity contribution is 5.77. The van der Waals surface area contributed by atoms with E-state index in [-0.39, 0.29) is 30.3 Å². The number of amides is 1. The summed E-state index contributed by atoms with van der Waals surface area (Å²) < 4.78 is 38.0. The molecule has 144 valence electrons. The maximum atomic E-state index is 12.7. The van der Waals surface area contributed by atoms with Gasteiger partial charge < -0.3 is 11.1 Å².